The van der Waals surface area contributed by atoms with Crippen molar-refractivity contribution in [3.8, 4) is 17.1 Å². The fourth-order valence-corrected chi connectivity index (χ4v) is 1.72. The maximum absolute atomic E-state index is 5.69. The standard InChI is InChI=1S/C14H15NO2/c15-9-13-7-8-14(17-13)10-1-3-11(4-2-10)16-12-5-6-12/h1-4,7-8,12H,5-6,9,15H2. The zero-order valence-corrected chi connectivity index (χ0v) is 9.56. The highest BCUT2D eigenvalue weighted by atomic mass is 16.5. The summed E-state index contributed by atoms with van der Waals surface area (Å²) in [7, 11) is 0. The molecule has 0 spiro atoms. The van der Waals surface area contributed by atoms with E-state index in [1.54, 1.807) is 0 Å². The van der Waals surface area contributed by atoms with E-state index in [1.807, 2.05) is 36.4 Å². The molecule has 0 bridgehead atoms. The van der Waals surface area contributed by atoms with Gasteiger partial charge in [0.05, 0.1) is 12.6 Å². The van der Waals surface area contributed by atoms with Crippen LogP contribution in [0.4, 0.5) is 0 Å². The third kappa shape index (κ3) is 2.34. The summed E-state index contributed by atoms with van der Waals surface area (Å²) >= 11 is 0. The number of benzene rings is 1. The molecule has 1 aliphatic carbocycles. The van der Waals surface area contributed by atoms with Gasteiger partial charge >= 0.3 is 0 Å². The monoisotopic (exact) mass is 229 g/mol. The third-order valence-corrected chi connectivity index (χ3v) is 2.83. The maximum Gasteiger partial charge on any atom is 0.134 e. The SMILES string of the molecule is NCc1ccc(-c2ccc(OC3CC3)cc2)o1. The summed E-state index contributed by atoms with van der Waals surface area (Å²) < 4.78 is 11.3. The molecule has 3 heteroatoms. The lowest BCUT2D eigenvalue weighted by atomic mass is 10.2. The predicted octanol–water partition coefficient (Wildman–Crippen LogP) is 2.95. The molecule has 0 aliphatic heterocycles. The van der Waals surface area contributed by atoms with Crippen LogP contribution in [0.25, 0.3) is 11.3 Å². The van der Waals surface area contributed by atoms with E-state index in [1.165, 1.54) is 12.8 Å². The minimum Gasteiger partial charge on any atom is -0.490 e. The zero-order valence-electron chi connectivity index (χ0n) is 9.56. The molecule has 3 nitrogen and oxygen atoms in total. The van der Waals surface area contributed by atoms with Crippen LogP contribution in [0.15, 0.2) is 40.8 Å². The topological polar surface area (TPSA) is 48.4 Å². The van der Waals surface area contributed by atoms with E-state index in [-0.39, 0.29) is 0 Å². The highest BCUT2D eigenvalue weighted by Crippen LogP contribution is 2.29. The fourth-order valence-electron chi connectivity index (χ4n) is 1.72. The molecule has 2 N–H and O–H groups in total. The Bertz CT molecular complexity index is 497. The first-order valence-corrected chi connectivity index (χ1v) is 5.91. The molecule has 1 aromatic carbocycles. The average molecular weight is 229 g/mol. The van der Waals surface area contributed by atoms with Crippen LogP contribution in [-0.2, 0) is 6.54 Å². The summed E-state index contributed by atoms with van der Waals surface area (Å²) in [4.78, 5) is 0. The lowest BCUT2D eigenvalue weighted by Gasteiger charge is -2.04. The summed E-state index contributed by atoms with van der Waals surface area (Å²) in [5.41, 5.74) is 6.56. The van der Waals surface area contributed by atoms with Gasteiger partial charge in [0.25, 0.3) is 0 Å². The molecule has 1 fully saturated rings. The molecular weight excluding hydrogens is 214 g/mol. The number of nitrogens with two attached hydrogens (primary N) is 1. The molecule has 88 valence electrons. The van der Waals surface area contributed by atoms with E-state index in [0.29, 0.717) is 12.6 Å². The second-order valence-corrected chi connectivity index (χ2v) is 4.31. The van der Waals surface area contributed by atoms with Gasteiger partial charge in [0, 0.05) is 5.56 Å². The van der Waals surface area contributed by atoms with E-state index in [2.05, 4.69) is 0 Å². The first kappa shape index (κ1) is 10.4. The van der Waals surface area contributed by atoms with Crippen molar-refractivity contribution in [2.75, 3.05) is 0 Å². The van der Waals surface area contributed by atoms with Crippen molar-refractivity contribution in [3.63, 3.8) is 0 Å². The van der Waals surface area contributed by atoms with Crippen LogP contribution in [0.5, 0.6) is 5.75 Å². The van der Waals surface area contributed by atoms with Gasteiger partial charge in [-0.1, -0.05) is 0 Å². The summed E-state index contributed by atoms with van der Waals surface area (Å²) in [6.07, 6.45) is 2.80. The third-order valence-electron chi connectivity index (χ3n) is 2.83. The van der Waals surface area contributed by atoms with Gasteiger partial charge < -0.3 is 14.9 Å². The molecule has 1 heterocycles. The largest absolute Gasteiger partial charge is 0.490 e. The van der Waals surface area contributed by atoms with E-state index < -0.39 is 0 Å². The maximum atomic E-state index is 5.69. The molecule has 1 aromatic heterocycles. The van der Waals surface area contributed by atoms with Gasteiger partial charge in [0.2, 0.25) is 0 Å². The Kier molecular flexibility index (Phi) is 2.61. The molecule has 0 amide bonds. The Labute approximate surface area is 100 Å². The van der Waals surface area contributed by atoms with Gasteiger partial charge in [-0.25, -0.2) is 0 Å². The van der Waals surface area contributed by atoms with Crippen molar-refractivity contribution in [1.82, 2.24) is 0 Å². The van der Waals surface area contributed by atoms with Crippen LogP contribution in [0.3, 0.4) is 0 Å². The second kappa shape index (κ2) is 4.26. The first-order chi connectivity index (χ1) is 8.35. The van der Waals surface area contributed by atoms with E-state index in [0.717, 1.165) is 22.8 Å². The second-order valence-electron chi connectivity index (χ2n) is 4.31. The van der Waals surface area contributed by atoms with E-state index in [4.69, 9.17) is 14.9 Å². The van der Waals surface area contributed by atoms with Crippen molar-refractivity contribution < 1.29 is 9.15 Å². The highest BCUT2D eigenvalue weighted by molar-refractivity contribution is 5.58. The normalized spacial score (nSPS) is 14.9. The molecular formula is C14H15NO2. The minimum atomic E-state index is 0.433. The molecule has 1 saturated carbocycles. The van der Waals surface area contributed by atoms with Gasteiger partial charge in [0.1, 0.15) is 17.3 Å². The van der Waals surface area contributed by atoms with E-state index >= 15 is 0 Å². The molecule has 3 rings (SSSR count). The van der Waals surface area contributed by atoms with Crippen molar-refractivity contribution in [2.45, 2.75) is 25.5 Å². The molecule has 0 radical (unpaired) electrons. The van der Waals surface area contributed by atoms with E-state index in [9.17, 15) is 0 Å². The summed E-state index contributed by atoms with van der Waals surface area (Å²) in [6, 6.07) is 11.8. The fraction of sp³-hybridized carbons (Fsp3) is 0.286. The Morgan fingerprint density at radius 2 is 1.88 bits per heavy atom. The number of furan rings is 1. The van der Waals surface area contributed by atoms with Gasteiger partial charge in [-0.15, -0.1) is 0 Å². The Morgan fingerprint density at radius 3 is 2.47 bits per heavy atom. The van der Waals surface area contributed by atoms with Crippen LogP contribution in [-0.4, -0.2) is 6.10 Å². The Hall–Kier alpha value is -1.74. The van der Waals surface area contributed by atoms with Gasteiger partial charge in [0.15, 0.2) is 0 Å². The van der Waals surface area contributed by atoms with Crippen LogP contribution < -0.4 is 10.5 Å². The lowest BCUT2D eigenvalue weighted by molar-refractivity contribution is 0.303. The molecule has 0 unspecified atom stereocenters. The number of ether oxygens (including phenoxy) is 1. The first-order valence-electron chi connectivity index (χ1n) is 5.91. The molecule has 17 heavy (non-hydrogen) atoms. The number of hydrogen-bond acceptors (Lipinski definition) is 3. The van der Waals surface area contributed by atoms with Crippen LogP contribution in [0.2, 0.25) is 0 Å². The summed E-state index contributed by atoms with van der Waals surface area (Å²) in [5, 5.41) is 0. The molecule has 1 aliphatic rings. The lowest BCUT2D eigenvalue weighted by Crippen LogP contribution is -1.95. The Morgan fingerprint density at radius 1 is 1.12 bits per heavy atom. The van der Waals surface area contributed by atoms with Crippen molar-refractivity contribution >= 4 is 0 Å². The van der Waals surface area contributed by atoms with Gasteiger partial charge in [-0.05, 0) is 49.2 Å². The van der Waals surface area contributed by atoms with Crippen LogP contribution in [0.1, 0.15) is 18.6 Å². The van der Waals surface area contributed by atoms with Crippen LogP contribution >= 0.6 is 0 Å². The Balaban J connectivity index is 1.78. The quantitative estimate of drug-likeness (QED) is 0.876. The highest BCUT2D eigenvalue weighted by Gasteiger charge is 2.23. The molecule has 0 atom stereocenters. The summed E-state index contributed by atoms with van der Waals surface area (Å²) in [6.45, 7) is 0.433. The van der Waals surface area contributed by atoms with Crippen LogP contribution in [0, 0.1) is 0 Å². The molecule has 0 saturated heterocycles. The smallest absolute Gasteiger partial charge is 0.134 e. The van der Waals surface area contributed by atoms with Gasteiger partial charge in [-0.2, -0.15) is 0 Å². The van der Waals surface area contributed by atoms with Gasteiger partial charge in [-0.3, -0.25) is 0 Å². The summed E-state index contributed by atoms with van der Waals surface area (Å²) in [5.74, 6) is 2.59. The minimum absolute atomic E-state index is 0.433. The van der Waals surface area contributed by atoms with Crippen molar-refractivity contribution in [3.05, 3.63) is 42.2 Å². The number of hydrogen-bond donors (Lipinski definition) is 1. The molecule has 2 aromatic rings. The van der Waals surface area contributed by atoms with Crippen molar-refractivity contribution in [1.29, 1.82) is 0 Å². The number of rotatable bonds is 4. The van der Waals surface area contributed by atoms with Crippen molar-refractivity contribution in [2.24, 2.45) is 5.73 Å². The predicted molar refractivity (Wildman–Crippen MR) is 65.7 cm³/mol. The zero-order chi connectivity index (χ0) is 11.7. The average Bonchev–Trinajstić information content (AvgIpc) is 3.05.